The molecule has 3 amide bonds. The second-order valence-electron chi connectivity index (χ2n) is 7.98. The van der Waals surface area contributed by atoms with Gasteiger partial charge < -0.3 is 29.0 Å². The van der Waals surface area contributed by atoms with Gasteiger partial charge in [0.05, 0.1) is 25.5 Å². The summed E-state index contributed by atoms with van der Waals surface area (Å²) in [4.78, 5) is 33.6. The van der Waals surface area contributed by atoms with Crippen LogP contribution in [0, 0.1) is 6.92 Å². The topological polar surface area (TPSA) is 97.1 Å². The molecule has 0 saturated carbocycles. The number of nitrogens with zero attached hydrogens (tertiary/aromatic N) is 3. The van der Waals surface area contributed by atoms with Gasteiger partial charge in [0, 0.05) is 32.1 Å². The molecule has 2 fully saturated rings. The largest absolute Gasteiger partial charge is 0.492 e. The Hall–Kier alpha value is -3.07. The lowest BCUT2D eigenvalue weighted by molar-refractivity contribution is 0.0298. The van der Waals surface area contributed by atoms with Crippen molar-refractivity contribution in [3.05, 3.63) is 41.6 Å². The number of likely N-dealkylation sites (tertiary alicyclic amines) is 1. The van der Waals surface area contributed by atoms with Crippen molar-refractivity contribution in [1.82, 2.24) is 14.8 Å². The van der Waals surface area contributed by atoms with E-state index in [1.807, 2.05) is 31.2 Å². The molecule has 2 aromatic rings. The summed E-state index contributed by atoms with van der Waals surface area (Å²) in [6.45, 7) is 7.62. The van der Waals surface area contributed by atoms with Crippen LogP contribution in [-0.2, 0) is 4.74 Å². The van der Waals surface area contributed by atoms with Crippen LogP contribution in [0.1, 0.15) is 47.8 Å². The van der Waals surface area contributed by atoms with E-state index in [4.69, 9.17) is 13.9 Å². The molecule has 9 nitrogen and oxygen atoms in total. The fraction of sp³-hybridized carbons (Fsp3) is 0.522. The summed E-state index contributed by atoms with van der Waals surface area (Å²) in [5, 5.41) is 2.95. The van der Waals surface area contributed by atoms with Crippen molar-refractivity contribution in [3.63, 3.8) is 0 Å². The number of para-hydroxylation sites is 2. The number of piperidine rings is 1. The van der Waals surface area contributed by atoms with Crippen LogP contribution in [0.15, 0.2) is 28.7 Å². The van der Waals surface area contributed by atoms with Gasteiger partial charge in [0.25, 0.3) is 5.91 Å². The lowest BCUT2D eigenvalue weighted by atomic mass is 9.97. The van der Waals surface area contributed by atoms with Crippen LogP contribution in [-0.4, -0.2) is 72.7 Å². The number of aryl methyl sites for hydroxylation is 1. The summed E-state index contributed by atoms with van der Waals surface area (Å²) >= 11 is 0. The number of hydrogen-bond donors (Lipinski definition) is 1. The molecule has 0 spiro atoms. The first-order valence-electron chi connectivity index (χ1n) is 11.2. The van der Waals surface area contributed by atoms with Gasteiger partial charge in [-0.2, -0.15) is 0 Å². The smallest absolute Gasteiger partial charge is 0.321 e. The van der Waals surface area contributed by atoms with Gasteiger partial charge in [-0.05, 0) is 38.8 Å². The predicted molar refractivity (Wildman–Crippen MR) is 118 cm³/mol. The third-order valence-electron chi connectivity index (χ3n) is 5.87. The van der Waals surface area contributed by atoms with Crippen LogP contribution in [0.25, 0.3) is 0 Å². The van der Waals surface area contributed by atoms with Crippen molar-refractivity contribution < 1.29 is 23.5 Å². The summed E-state index contributed by atoms with van der Waals surface area (Å²) in [7, 11) is 0. The average Bonchev–Trinajstić information content (AvgIpc) is 3.22. The van der Waals surface area contributed by atoms with Gasteiger partial charge in [-0.3, -0.25) is 4.79 Å². The van der Waals surface area contributed by atoms with Crippen molar-refractivity contribution in [2.75, 3.05) is 51.3 Å². The van der Waals surface area contributed by atoms with Gasteiger partial charge in [-0.15, -0.1) is 0 Å². The highest BCUT2D eigenvalue weighted by Gasteiger charge is 2.30. The zero-order valence-electron chi connectivity index (χ0n) is 18.6. The Bertz CT molecular complexity index is 946. The molecule has 9 heteroatoms. The maximum Gasteiger partial charge on any atom is 0.321 e. The number of carbonyl (C=O) groups is 2. The molecule has 2 saturated heterocycles. The number of carbonyl (C=O) groups excluding carboxylic acids is 2. The molecule has 0 unspecified atom stereocenters. The number of oxazole rings is 1. The molecule has 1 N–H and O–H groups in total. The van der Waals surface area contributed by atoms with E-state index >= 15 is 0 Å². The first-order chi connectivity index (χ1) is 15.6. The third-order valence-corrected chi connectivity index (χ3v) is 5.87. The van der Waals surface area contributed by atoms with E-state index < -0.39 is 0 Å². The number of morpholine rings is 1. The Kier molecular flexibility index (Phi) is 6.94. The minimum absolute atomic E-state index is 0.0831. The first-order valence-corrected chi connectivity index (χ1v) is 11.2. The van der Waals surface area contributed by atoms with Crippen LogP contribution in [0.4, 0.5) is 10.5 Å². The summed E-state index contributed by atoms with van der Waals surface area (Å²) in [5.41, 5.74) is 1.05. The molecule has 0 atom stereocenters. The zero-order chi connectivity index (χ0) is 22.5. The number of anilines is 1. The van der Waals surface area contributed by atoms with Crippen molar-refractivity contribution in [3.8, 4) is 5.75 Å². The van der Waals surface area contributed by atoms with Crippen molar-refractivity contribution in [2.45, 2.75) is 32.6 Å². The van der Waals surface area contributed by atoms with Crippen LogP contribution in [0.2, 0.25) is 0 Å². The monoisotopic (exact) mass is 442 g/mol. The van der Waals surface area contributed by atoms with Gasteiger partial charge in [-0.25, -0.2) is 9.78 Å². The lowest BCUT2D eigenvalue weighted by Crippen LogP contribution is -2.41. The van der Waals surface area contributed by atoms with Gasteiger partial charge in [0.1, 0.15) is 11.5 Å². The van der Waals surface area contributed by atoms with E-state index in [1.54, 1.807) is 16.7 Å². The highest BCUT2D eigenvalue weighted by molar-refractivity contribution is 5.93. The quantitative estimate of drug-likeness (QED) is 0.763. The molecule has 2 aliphatic rings. The molecular formula is C23H30N4O5. The fourth-order valence-corrected chi connectivity index (χ4v) is 4.08. The normalized spacial score (nSPS) is 17.3. The number of hydrogen-bond acceptors (Lipinski definition) is 6. The Morgan fingerprint density at radius 2 is 1.84 bits per heavy atom. The summed E-state index contributed by atoms with van der Waals surface area (Å²) in [6.07, 6.45) is 1.46. The highest BCUT2D eigenvalue weighted by atomic mass is 16.5. The Balaban J connectivity index is 1.35. The maximum absolute atomic E-state index is 12.8. The Morgan fingerprint density at radius 3 is 2.56 bits per heavy atom. The molecule has 2 aliphatic heterocycles. The standard InChI is InChI=1S/C23H30N4O5/c1-3-31-19-7-5-4-6-18(19)24-23(29)27-10-8-17(9-11-27)21-25-20(16(2)32-21)22(28)26-12-14-30-15-13-26/h4-7,17H,3,8-15H2,1-2H3,(H,24,29). The van der Waals surface area contributed by atoms with E-state index in [9.17, 15) is 9.59 Å². The van der Waals surface area contributed by atoms with Crippen LogP contribution in [0.5, 0.6) is 5.75 Å². The molecule has 3 heterocycles. The molecule has 0 aliphatic carbocycles. The second kappa shape index (κ2) is 10.0. The van der Waals surface area contributed by atoms with Gasteiger partial charge in [0.2, 0.25) is 0 Å². The van der Waals surface area contributed by atoms with E-state index in [1.165, 1.54) is 0 Å². The number of amides is 3. The average molecular weight is 443 g/mol. The fourth-order valence-electron chi connectivity index (χ4n) is 4.08. The van der Waals surface area contributed by atoms with Crippen LogP contribution >= 0.6 is 0 Å². The van der Waals surface area contributed by atoms with Gasteiger partial charge in [0.15, 0.2) is 11.6 Å². The lowest BCUT2D eigenvalue weighted by Gasteiger charge is -2.30. The number of urea groups is 1. The zero-order valence-corrected chi connectivity index (χ0v) is 18.6. The number of nitrogens with one attached hydrogen (secondary N) is 1. The Morgan fingerprint density at radius 1 is 1.12 bits per heavy atom. The van der Waals surface area contributed by atoms with Gasteiger partial charge in [-0.1, -0.05) is 12.1 Å². The molecule has 32 heavy (non-hydrogen) atoms. The number of ether oxygens (including phenoxy) is 2. The molecule has 4 rings (SSSR count). The van der Waals surface area contributed by atoms with E-state index in [2.05, 4.69) is 10.3 Å². The molecule has 1 aromatic heterocycles. The summed E-state index contributed by atoms with van der Waals surface area (Å²) < 4.78 is 16.8. The van der Waals surface area contributed by atoms with E-state index in [0.717, 1.165) is 12.8 Å². The molecule has 1 aromatic carbocycles. The van der Waals surface area contributed by atoms with Gasteiger partial charge >= 0.3 is 6.03 Å². The van der Waals surface area contributed by atoms with E-state index in [0.29, 0.717) is 74.8 Å². The van der Waals surface area contributed by atoms with Crippen molar-refractivity contribution >= 4 is 17.6 Å². The van der Waals surface area contributed by atoms with Crippen molar-refractivity contribution in [2.24, 2.45) is 0 Å². The molecule has 0 radical (unpaired) electrons. The minimum atomic E-state index is -0.151. The number of rotatable bonds is 5. The number of benzene rings is 1. The second-order valence-corrected chi connectivity index (χ2v) is 7.98. The maximum atomic E-state index is 12.8. The summed E-state index contributed by atoms with van der Waals surface area (Å²) in [5.74, 6) is 1.77. The van der Waals surface area contributed by atoms with E-state index in [-0.39, 0.29) is 17.9 Å². The first kappa shape index (κ1) is 22.1. The predicted octanol–water partition coefficient (Wildman–Crippen LogP) is 3.27. The van der Waals surface area contributed by atoms with Crippen molar-refractivity contribution in [1.29, 1.82) is 0 Å². The third kappa shape index (κ3) is 4.88. The molecular weight excluding hydrogens is 412 g/mol. The minimum Gasteiger partial charge on any atom is -0.492 e. The van der Waals surface area contributed by atoms with Crippen LogP contribution < -0.4 is 10.1 Å². The molecule has 0 bridgehead atoms. The van der Waals surface area contributed by atoms with Crippen LogP contribution in [0.3, 0.4) is 0 Å². The SMILES string of the molecule is CCOc1ccccc1NC(=O)N1CCC(c2nc(C(=O)N3CCOCC3)c(C)o2)CC1. The highest BCUT2D eigenvalue weighted by Crippen LogP contribution is 2.30. The number of aromatic nitrogens is 1. The molecule has 172 valence electrons. The summed E-state index contributed by atoms with van der Waals surface area (Å²) in [6, 6.07) is 7.26. The Labute approximate surface area is 187 Å².